The van der Waals surface area contributed by atoms with Gasteiger partial charge < -0.3 is 10.3 Å². The second-order valence-electron chi connectivity index (χ2n) is 7.03. The van der Waals surface area contributed by atoms with Gasteiger partial charge in [-0.3, -0.25) is 0 Å². The third-order valence-corrected chi connectivity index (χ3v) is 5.65. The molecule has 1 aromatic heterocycles. The lowest BCUT2D eigenvalue weighted by molar-refractivity contribution is 0.453. The molecule has 0 aliphatic carbocycles. The first kappa shape index (κ1) is 20.9. The average Bonchev–Trinajstić information content (AvgIpc) is 3.20. The lowest BCUT2D eigenvalue weighted by atomic mass is 10.1. The Hall–Kier alpha value is -1.81. The van der Waals surface area contributed by atoms with E-state index in [1.165, 1.54) is 19.3 Å². The average molecular weight is 416 g/mol. The summed E-state index contributed by atoms with van der Waals surface area (Å²) in [6, 6.07) is 16.0. The van der Waals surface area contributed by atoms with E-state index in [1.807, 2.05) is 42.6 Å². The number of H-pyrrole nitrogens is 1. The lowest BCUT2D eigenvalue weighted by Gasteiger charge is -2.18. The Morgan fingerprint density at radius 2 is 1.71 bits per heavy atom. The number of nitrogens with one attached hydrogen (secondary N) is 2. The Morgan fingerprint density at radius 1 is 0.964 bits per heavy atom. The molecule has 0 spiro atoms. The van der Waals surface area contributed by atoms with Crippen LogP contribution in [0, 0.1) is 0 Å². The fraction of sp³-hybridized carbons (Fsp3) is 0.348. The van der Waals surface area contributed by atoms with Crippen LogP contribution in [0.5, 0.6) is 0 Å². The van der Waals surface area contributed by atoms with E-state index >= 15 is 0 Å². The zero-order valence-electron chi connectivity index (χ0n) is 16.2. The van der Waals surface area contributed by atoms with E-state index in [0.717, 1.165) is 35.5 Å². The van der Waals surface area contributed by atoms with Gasteiger partial charge in [-0.25, -0.2) is 4.98 Å². The fourth-order valence-corrected chi connectivity index (χ4v) is 3.85. The number of benzene rings is 2. The van der Waals surface area contributed by atoms with Crippen molar-refractivity contribution in [3.63, 3.8) is 0 Å². The number of aromatic nitrogens is 2. The van der Waals surface area contributed by atoms with Gasteiger partial charge in [-0.1, -0.05) is 92.2 Å². The van der Waals surface area contributed by atoms with Gasteiger partial charge in [0.05, 0.1) is 17.9 Å². The van der Waals surface area contributed by atoms with Gasteiger partial charge in [0.1, 0.15) is 5.82 Å². The molecule has 0 fully saturated rings. The Labute approximate surface area is 177 Å². The van der Waals surface area contributed by atoms with Crippen molar-refractivity contribution >= 4 is 23.2 Å². The second kappa shape index (κ2) is 10.7. The van der Waals surface area contributed by atoms with Crippen LogP contribution in [0.4, 0.5) is 0 Å². The van der Waals surface area contributed by atoms with Gasteiger partial charge in [0.2, 0.25) is 0 Å². The van der Waals surface area contributed by atoms with Crippen molar-refractivity contribution in [3.05, 3.63) is 76.2 Å². The van der Waals surface area contributed by atoms with E-state index in [9.17, 15) is 0 Å². The van der Waals surface area contributed by atoms with E-state index < -0.39 is 0 Å². The standard InChI is InChI=1S/C23H27Cl2N3/c1-2-3-4-8-14-21(26-15-18-19(24)12-9-13-20(18)25)23-27-16-22(28-23)17-10-6-5-7-11-17/h5-7,9-13,16,21,26H,2-4,8,14-15H2,1H3,(H,27,28)/t21-/m1/s1. The van der Waals surface area contributed by atoms with Crippen LogP contribution in [0.15, 0.2) is 54.7 Å². The van der Waals surface area contributed by atoms with Gasteiger partial charge in [-0.15, -0.1) is 0 Å². The van der Waals surface area contributed by atoms with Crippen molar-refractivity contribution in [3.8, 4) is 11.3 Å². The van der Waals surface area contributed by atoms with Gasteiger partial charge >= 0.3 is 0 Å². The van der Waals surface area contributed by atoms with E-state index in [4.69, 9.17) is 23.2 Å². The summed E-state index contributed by atoms with van der Waals surface area (Å²) in [6.07, 6.45) is 7.80. The van der Waals surface area contributed by atoms with E-state index in [2.05, 4.69) is 34.3 Å². The molecule has 3 aromatic rings. The Kier molecular flexibility index (Phi) is 7.96. The third-order valence-electron chi connectivity index (χ3n) is 4.94. The largest absolute Gasteiger partial charge is 0.341 e. The molecule has 1 atom stereocenters. The molecule has 1 heterocycles. The summed E-state index contributed by atoms with van der Waals surface area (Å²) in [7, 11) is 0. The minimum absolute atomic E-state index is 0.127. The minimum Gasteiger partial charge on any atom is -0.341 e. The highest BCUT2D eigenvalue weighted by Crippen LogP contribution is 2.27. The molecule has 0 amide bonds. The Morgan fingerprint density at radius 3 is 2.43 bits per heavy atom. The highest BCUT2D eigenvalue weighted by Gasteiger charge is 2.16. The maximum atomic E-state index is 6.34. The predicted octanol–water partition coefficient (Wildman–Crippen LogP) is 7.18. The fourth-order valence-electron chi connectivity index (χ4n) is 3.32. The van der Waals surface area contributed by atoms with E-state index in [1.54, 1.807) is 0 Å². The summed E-state index contributed by atoms with van der Waals surface area (Å²) in [6.45, 7) is 2.84. The van der Waals surface area contributed by atoms with Crippen LogP contribution in [0.3, 0.4) is 0 Å². The smallest absolute Gasteiger partial charge is 0.123 e. The van der Waals surface area contributed by atoms with E-state index in [0.29, 0.717) is 16.6 Å². The topological polar surface area (TPSA) is 40.7 Å². The number of nitrogens with zero attached hydrogens (tertiary/aromatic N) is 1. The van der Waals surface area contributed by atoms with Crippen LogP contribution in [0.25, 0.3) is 11.3 Å². The molecule has 0 aliphatic heterocycles. The number of imidazole rings is 1. The molecular weight excluding hydrogens is 389 g/mol. The molecule has 2 aromatic carbocycles. The zero-order valence-corrected chi connectivity index (χ0v) is 17.7. The zero-order chi connectivity index (χ0) is 19.8. The van der Waals surface area contributed by atoms with Crippen molar-refractivity contribution in [1.82, 2.24) is 15.3 Å². The first-order chi connectivity index (χ1) is 13.7. The first-order valence-corrected chi connectivity index (χ1v) is 10.7. The van der Waals surface area contributed by atoms with Gasteiger partial charge in [-0.2, -0.15) is 0 Å². The molecule has 3 nitrogen and oxygen atoms in total. The SMILES string of the molecule is CCCCCC[C@@H](NCc1c(Cl)cccc1Cl)c1ncc(-c2ccccc2)[nH]1. The Bertz CT molecular complexity index is 841. The van der Waals surface area contributed by atoms with Crippen molar-refractivity contribution in [2.45, 2.75) is 51.6 Å². The summed E-state index contributed by atoms with van der Waals surface area (Å²) in [5.41, 5.74) is 3.10. The predicted molar refractivity (Wildman–Crippen MR) is 119 cm³/mol. The van der Waals surface area contributed by atoms with Crippen LogP contribution in [-0.2, 0) is 6.54 Å². The molecule has 5 heteroatoms. The lowest BCUT2D eigenvalue weighted by Crippen LogP contribution is -2.22. The van der Waals surface area contributed by atoms with Crippen molar-refractivity contribution in [1.29, 1.82) is 0 Å². The number of hydrogen-bond donors (Lipinski definition) is 2. The number of halogens is 2. The number of aromatic amines is 1. The quantitative estimate of drug-likeness (QED) is 0.344. The molecule has 28 heavy (non-hydrogen) atoms. The maximum Gasteiger partial charge on any atom is 0.123 e. The number of unbranched alkanes of at least 4 members (excludes halogenated alkanes) is 3. The molecule has 0 aliphatic rings. The molecule has 3 rings (SSSR count). The number of hydrogen-bond acceptors (Lipinski definition) is 2. The highest BCUT2D eigenvalue weighted by atomic mass is 35.5. The Balaban J connectivity index is 1.74. The molecule has 0 radical (unpaired) electrons. The molecule has 2 N–H and O–H groups in total. The summed E-state index contributed by atoms with van der Waals surface area (Å²) >= 11 is 12.7. The summed E-state index contributed by atoms with van der Waals surface area (Å²) in [5.74, 6) is 0.957. The summed E-state index contributed by atoms with van der Waals surface area (Å²) < 4.78 is 0. The molecule has 148 valence electrons. The number of rotatable bonds is 10. The maximum absolute atomic E-state index is 6.34. The van der Waals surface area contributed by atoms with Gasteiger partial charge in [0, 0.05) is 22.2 Å². The summed E-state index contributed by atoms with van der Waals surface area (Å²) in [5, 5.41) is 4.99. The third kappa shape index (κ3) is 5.60. The highest BCUT2D eigenvalue weighted by molar-refractivity contribution is 6.35. The van der Waals surface area contributed by atoms with Crippen LogP contribution < -0.4 is 5.32 Å². The molecule has 0 unspecified atom stereocenters. The van der Waals surface area contributed by atoms with Crippen LogP contribution in [0.1, 0.15) is 56.5 Å². The second-order valence-corrected chi connectivity index (χ2v) is 7.85. The molecule has 0 bridgehead atoms. The minimum atomic E-state index is 0.127. The van der Waals surface area contributed by atoms with Gasteiger partial charge in [0.15, 0.2) is 0 Å². The summed E-state index contributed by atoms with van der Waals surface area (Å²) in [4.78, 5) is 8.16. The molecular formula is C23H27Cl2N3. The normalized spacial score (nSPS) is 12.2. The van der Waals surface area contributed by atoms with Gasteiger partial charge in [0.25, 0.3) is 0 Å². The molecule has 0 saturated heterocycles. The van der Waals surface area contributed by atoms with Crippen LogP contribution in [-0.4, -0.2) is 9.97 Å². The van der Waals surface area contributed by atoms with Gasteiger partial charge in [-0.05, 0) is 24.1 Å². The monoisotopic (exact) mass is 415 g/mol. The molecule has 0 saturated carbocycles. The van der Waals surface area contributed by atoms with Crippen LogP contribution in [0.2, 0.25) is 10.0 Å². The van der Waals surface area contributed by atoms with Crippen molar-refractivity contribution < 1.29 is 0 Å². The first-order valence-electron chi connectivity index (χ1n) is 9.95. The van der Waals surface area contributed by atoms with Crippen molar-refractivity contribution in [2.75, 3.05) is 0 Å². The van der Waals surface area contributed by atoms with Crippen LogP contribution >= 0.6 is 23.2 Å². The van der Waals surface area contributed by atoms with E-state index in [-0.39, 0.29) is 6.04 Å². The van der Waals surface area contributed by atoms with Crippen molar-refractivity contribution in [2.24, 2.45) is 0 Å².